The van der Waals surface area contributed by atoms with Crippen molar-refractivity contribution in [3.63, 3.8) is 0 Å². The van der Waals surface area contributed by atoms with Gasteiger partial charge in [0, 0.05) is 19.1 Å². The average molecular weight is 345 g/mol. The van der Waals surface area contributed by atoms with Crippen molar-refractivity contribution in [1.29, 1.82) is 0 Å². The van der Waals surface area contributed by atoms with E-state index in [0.717, 1.165) is 0 Å². The van der Waals surface area contributed by atoms with Crippen molar-refractivity contribution in [3.8, 4) is 0 Å². The van der Waals surface area contributed by atoms with Gasteiger partial charge < -0.3 is 24.4 Å². The molecule has 2 aromatic rings. The number of hydrogen-bond donors (Lipinski definition) is 2. The van der Waals surface area contributed by atoms with E-state index in [4.69, 9.17) is 8.83 Å². The number of nitrogens with zero attached hydrogens (tertiary/aromatic N) is 1. The van der Waals surface area contributed by atoms with Crippen molar-refractivity contribution < 1.29 is 23.2 Å². The molecule has 0 aromatic carbocycles. The van der Waals surface area contributed by atoms with E-state index in [1.54, 1.807) is 23.1 Å². The van der Waals surface area contributed by atoms with Gasteiger partial charge in [-0.25, -0.2) is 0 Å². The maximum Gasteiger partial charge on any atom is 0.289 e. The third-order valence-corrected chi connectivity index (χ3v) is 4.03. The van der Waals surface area contributed by atoms with Crippen LogP contribution in [0.3, 0.4) is 0 Å². The largest absolute Gasteiger partial charge is 0.459 e. The summed E-state index contributed by atoms with van der Waals surface area (Å²) in [6.45, 7) is 0.970. The van der Waals surface area contributed by atoms with E-state index < -0.39 is 5.91 Å². The number of hydrogen-bond acceptors (Lipinski definition) is 5. The van der Waals surface area contributed by atoms with Gasteiger partial charge in [-0.05, 0) is 37.1 Å². The minimum Gasteiger partial charge on any atom is -0.459 e. The first-order chi connectivity index (χ1) is 12.1. The van der Waals surface area contributed by atoms with Crippen molar-refractivity contribution in [2.45, 2.75) is 18.9 Å². The molecular weight excluding hydrogens is 326 g/mol. The Morgan fingerprint density at radius 3 is 2.28 bits per heavy atom. The Balaban J connectivity index is 1.39. The van der Waals surface area contributed by atoms with E-state index in [1.165, 1.54) is 18.6 Å². The zero-order valence-corrected chi connectivity index (χ0v) is 13.6. The van der Waals surface area contributed by atoms with Crippen LogP contribution in [-0.4, -0.2) is 48.3 Å². The van der Waals surface area contributed by atoms with Crippen LogP contribution in [0.25, 0.3) is 0 Å². The fourth-order valence-electron chi connectivity index (χ4n) is 2.72. The van der Waals surface area contributed by atoms with Gasteiger partial charge in [-0.3, -0.25) is 14.4 Å². The molecule has 0 saturated carbocycles. The molecule has 25 heavy (non-hydrogen) atoms. The second-order valence-corrected chi connectivity index (χ2v) is 5.77. The Hall–Kier alpha value is -3.03. The molecule has 0 radical (unpaired) electrons. The van der Waals surface area contributed by atoms with Gasteiger partial charge in [-0.1, -0.05) is 0 Å². The summed E-state index contributed by atoms with van der Waals surface area (Å²) >= 11 is 0. The van der Waals surface area contributed by atoms with Crippen molar-refractivity contribution in [3.05, 3.63) is 48.3 Å². The number of amides is 3. The van der Waals surface area contributed by atoms with Crippen molar-refractivity contribution in [1.82, 2.24) is 15.5 Å². The molecular formula is C17H19N3O5. The number of furan rings is 2. The summed E-state index contributed by atoms with van der Waals surface area (Å²) in [5, 5.41) is 5.37. The maximum absolute atomic E-state index is 12.2. The molecule has 0 bridgehead atoms. The van der Waals surface area contributed by atoms with Crippen LogP contribution < -0.4 is 10.6 Å². The number of carbonyl (C=O) groups excluding carboxylic acids is 3. The van der Waals surface area contributed by atoms with Gasteiger partial charge in [-0.2, -0.15) is 0 Å². The predicted molar refractivity (Wildman–Crippen MR) is 86.8 cm³/mol. The smallest absolute Gasteiger partial charge is 0.289 e. The molecule has 1 fully saturated rings. The monoisotopic (exact) mass is 345 g/mol. The van der Waals surface area contributed by atoms with Gasteiger partial charge in [0.2, 0.25) is 5.91 Å². The van der Waals surface area contributed by atoms with Gasteiger partial charge >= 0.3 is 0 Å². The van der Waals surface area contributed by atoms with E-state index in [-0.39, 0.29) is 30.2 Å². The van der Waals surface area contributed by atoms with Crippen LogP contribution in [0.15, 0.2) is 45.6 Å². The molecule has 3 rings (SSSR count). The average Bonchev–Trinajstić information content (AvgIpc) is 3.33. The first-order valence-corrected chi connectivity index (χ1v) is 8.07. The summed E-state index contributed by atoms with van der Waals surface area (Å²) < 4.78 is 10.1. The van der Waals surface area contributed by atoms with Crippen LogP contribution in [-0.2, 0) is 4.79 Å². The SMILES string of the molecule is O=C(CNC(=O)c1ccco1)NC1CCN(C(=O)c2ccco2)CC1. The summed E-state index contributed by atoms with van der Waals surface area (Å²) in [7, 11) is 0. The molecule has 3 amide bonds. The highest BCUT2D eigenvalue weighted by atomic mass is 16.3. The third kappa shape index (κ3) is 4.28. The molecule has 1 saturated heterocycles. The van der Waals surface area contributed by atoms with E-state index in [0.29, 0.717) is 31.7 Å². The Bertz CT molecular complexity index is 716. The fourth-order valence-corrected chi connectivity index (χ4v) is 2.72. The molecule has 2 aromatic heterocycles. The quantitative estimate of drug-likeness (QED) is 0.842. The van der Waals surface area contributed by atoms with Crippen LogP contribution in [0.5, 0.6) is 0 Å². The maximum atomic E-state index is 12.2. The van der Waals surface area contributed by atoms with E-state index in [1.807, 2.05) is 0 Å². The summed E-state index contributed by atoms with van der Waals surface area (Å²) in [4.78, 5) is 37.5. The minimum absolute atomic E-state index is 0.0198. The second-order valence-electron chi connectivity index (χ2n) is 5.77. The standard InChI is InChI=1S/C17H19N3O5/c21-15(11-18-16(22)13-3-1-9-24-13)19-12-5-7-20(8-6-12)17(23)14-4-2-10-25-14/h1-4,9-10,12H,5-8,11H2,(H,18,22)(H,19,21). The van der Waals surface area contributed by atoms with Crippen LogP contribution in [0.2, 0.25) is 0 Å². The van der Waals surface area contributed by atoms with Crippen molar-refractivity contribution in [2.75, 3.05) is 19.6 Å². The Morgan fingerprint density at radius 2 is 1.68 bits per heavy atom. The number of likely N-dealkylation sites (tertiary alicyclic amines) is 1. The molecule has 1 aliphatic rings. The summed E-state index contributed by atoms with van der Waals surface area (Å²) in [5.41, 5.74) is 0. The van der Waals surface area contributed by atoms with Crippen LogP contribution in [0, 0.1) is 0 Å². The number of rotatable bonds is 5. The molecule has 8 nitrogen and oxygen atoms in total. The lowest BCUT2D eigenvalue weighted by atomic mass is 10.0. The Labute approximate surface area is 144 Å². The summed E-state index contributed by atoms with van der Waals surface area (Å²) in [5.74, 6) is -0.351. The molecule has 2 N–H and O–H groups in total. The van der Waals surface area contributed by atoms with Gasteiger partial charge in [-0.15, -0.1) is 0 Å². The molecule has 0 spiro atoms. The molecule has 1 aliphatic heterocycles. The minimum atomic E-state index is -0.431. The highest BCUT2D eigenvalue weighted by molar-refractivity contribution is 5.94. The van der Waals surface area contributed by atoms with E-state index in [2.05, 4.69) is 10.6 Å². The lowest BCUT2D eigenvalue weighted by Crippen LogP contribution is -2.48. The predicted octanol–water partition coefficient (Wildman–Crippen LogP) is 1.02. The second kappa shape index (κ2) is 7.69. The van der Waals surface area contributed by atoms with Gasteiger partial charge in [0.1, 0.15) is 0 Å². The lowest BCUT2D eigenvalue weighted by molar-refractivity contribution is -0.121. The summed E-state index contributed by atoms with van der Waals surface area (Å²) in [6, 6.07) is 6.43. The zero-order valence-electron chi connectivity index (χ0n) is 13.6. The number of carbonyl (C=O) groups is 3. The molecule has 0 unspecified atom stereocenters. The normalized spacial score (nSPS) is 15.0. The van der Waals surface area contributed by atoms with Crippen LogP contribution in [0.4, 0.5) is 0 Å². The lowest BCUT2D eigenvalue weighted by Gasteiger charge is -2.31. The Morgan fingerprint density at radius 1 is 1.04 bits per heavy atom. The molecule has 0 aliphatic carbocycles. The third-order valence-electron chi connectivity index (χ3n) is 4.03. The Kier molecular flexibility index (Phi) is 5.17. The van der Waals surface area contributed by atoms with Crippen molar-refractivity contribution in [2.24, 2.45) is 0 Å². The van der Waals surface area contributed by atoms with Crippen molar-refractivity contribution >= 4 is 17.7 Å². The van der Waals surface area contributed by atoms with Gasteiger partial charge in [0.25, 0.3) is 11.8 Å². The topological polar surface area (TPSA) is 105 Å². The van der Waals surface area contributed by atoms with Crippen LogP contribution in [0.1, 0.15) is 34.0 Å². The van der Waals surface area contributed by atoms with E-state index >= 15 is 0 Å². The molecule has 3 heterocycles. The highest BCUT2D eigenvalue weighted by Gasteiger charge is 2.25. The molecule has 132 valence electrons. The highest BCUT2D eigenvalue weighted by Crippen LogP contribution is 2.14. The first-order valence-electron chi connectivity index (χ1n) is 8.07. The molecule has 0 atom stereocenters. The van der Waals surface area contributed by atoms with Gasteiger partial charge in [0.05, 0.1) is 19.1 Å². The van der Waals surface area contributed by atoms with Crippen LogP contribution >= 0.6 is 0 Å². The summed E-state index contributed by atoms with van der Waals surface area (Å²) in [6.07, 6.45) is 4.18. The molecule has 8 heteroatoms. The first kappa shape index (κ1) is 16.8. The van der Waals surface area contributed by atoms with Gasteiger partial charge in [0.15, 0.2) is 11.5 Å². The number of nitrogens with one attached hydrogen (secondary N) is 2. The fraction of sp³-hybridized carbons (Fsp3) is 0.353. The number of piperidine rings is 1. The zero-order chi connectivity index (χ0) is 17.6. The van der Waals surface area contributed by atoms with E-state index in [9.17, 15) is 14.4 Å².